The van der Waals surface area contributed by atoms with E-state index in [1.54, 1.807) is 17.5 Å². The van der Waals surface area contributed by atoms with Crippen LogP contribution in [0.4, 0.5) is 5.82 Å². The predicted molar refractivity (Wildman–Crippen MR) is 79.5 cm³/mol. The second-order valence-corrected chi connectivity index (χ2v) is 5.70. The lowest BCUT2D eigenvalue weighted by Crippen LogP contribution is -2.14. The summed E-state index contributed by atoms with van der Waals surface area (Å²) in [6.07, 6.45) is 1.72. The van der Waals surface area contributed by atoms with Gasteiger partial charge in [0, 0.05) is 20.9 Å². The first-order valence-corrected chi connectivity index (χ1v) is 6.96. The van der Waals surface area contributed by atoms with Crippen molar-refractivity contribution in [3.63, 3.8) is 0 Å². The molecule has 2 rings (SSSR count). The maximum atomic E-state index is 5.63. The molecular weight excluding hydrogens is 318 g/mol. The van der Waals surface area contributed by atoms with Crippen molar-refractivity contribution in [3.8, 4) is 0 Å². The van der Waals surface area contributed by atoms with Crippen LogP contribution in [0.3, 0.4) is 0 Å². The van der Waals surface area contributed by atoms with Gasteiger partial charge in [0.15, 0.2) is 0 Å². The van der Waals surface area contributed by atoms with Crippen LogP contribution in [0.15, 0.2) is 34.2 Å². The van der Waals surface area contributed by atoms with Crippen LogP contribution in [-0.4, -0.2) is 9.97 Å². The lowest BCUT2D eigenvalue weighted by molar-refractivity contribution is 1.14. The number of nitrogens with zero attached hydrogens (tertiary/aromatic N) is 1. The van der Waals surface area contributed by atoms with Crippen LogP contribution in [-0.2, 0) is 6.54 Å². The standard InChI is InChI=1S/C11H10BrN3S2/c12-7-4-8(17-6-7)5-15-11-9(10(13)16)2-1-3-14-11/h1-4,6H,5H2,(H2,13,16)(H,14,15). The molecule has 0 fully saturated rings. The van der Waals surface area contributed by atoms with E-state index in [-0.39, 0.29) is 0 Å². The summed E-state index contributed by atoms with van der Waals surface area (Å²) in [6.45, 7) is 0.711. The summed E-state index contributed by atoms with van der Waals surface area (Å²) in [5.74, 6) is 0.726. The molecule has 17 heavy (non-hydrogen) atoms. The highest BCUT2D eigenvalue weighted by atomic mass is 79.9. The molecule has 0 saturated heterocycles. The van der Waals surface area contributed by atoms with Gasteiger partial charge in [0.1, 0.15) is 10.8 Å². The zero-order valence-corrected chi connectivity index (χ0v) is 12.0. The monoisotopic (exact) mass is 327 g/mol. The highest BCUT2D eigenvalue weighted by Gasteiger charge is 2.05. The SMILES string of the molecule is NC(=S)c1cccnc1NCc1cc(Br)cs1. The maximum absolute atomic E-state index is 5.63. The van der Waals surface area contributed by atoms with Gasteiger partial charge in [0.05, 0.1) is 12.1 Å². The highest BCUT2D eigenvalue weighted by molar-refractivity contribution is 9.10. The molecule has 0 spiro atoms. The number of rotatable bonds is 4. The van der Waals surface area contributed by atoms with Gasteiger partial charge in [0.2, 0.25) is 0 Å². The third kappa shape index (κ3) is 3.24. The number of halogens is 1. The zero-order chi connectivity index (χ0) is 12.3. The third-order valence-corrected chi connectivity index (χ3v) is 4.04. The number of anilines is 1. The van der Waals surface area contributed by atoms with Crippen LogP contribution in [0.2, 0.25) is 0 Å². The molecule has 0 aliphatic carbocycles. The Labute approximate surface area is 117 Å². The normalized spacial score (nSPS) is 10.2. The molecule has 3 N–H and O–H groups in total. The van der Waals surface area contributed by atoms with Gasteiger partial charge in [0.25, 0.3) is 0 Å². The fourth-order valence-corrected chi connectivity index (χ4v) is 2.92. The molecule has 0 bridgehead atoms. The van der Waals surface area contributed by atoms with E-state index >= 15 is 0 Å². The molecule has 2 aromatic rings. The lowest BCUT2D eigenvalue weighted by atomic mass is 10.2. The fourth-order valence-electron chi connectivity index (χ4n) is 1.36. The summed E-state index contributed by atoms with van der Waals surface area (Å²) in [5.41, 5.74) is 6.41. The second kappa shape index (κ2) is 5.57. The van der Waals surface area contributed by atoms with Crippen LogP contribution in [0, 0.1) is 0 Å². The van der Waals surface area contributed by atoms with Crippen LogP contribution in [0.25, 0.3) is 0 Å². The Morgan fingerprint density at radius 2 is 2.41 bits per heavy atom. The Kier molecular flexibility index (Phi) is 4.09. The number of pyridine rings is 1. The van der Waals surface area contributed by atoms with Crippen LogP contribution < -0.4 is 11.1 Å². The molecule has 6 heteroatoms. The van der Waals surface area contributed by atoms with Crippen molar-refractivity contribution in [2.45, 2.75) is 6.54 Å². The molecule has 88 valence electrons. The van der Waals surface area contributed by atoms with E-state index in [2.05, 4.69) is 32.3 Å². The Morgan fingerprint density at radius 1 is 1.59 bits per heavy atom. The number of thiocarbonyl (C=S) groups is 1. The fraction of sp³-hybridized carbons (Fsp3) is 0.0909. The average molecular weight is 328 g/mol. The molecule has 0 aliphatic heterocycles. The van der Waals surface area contributed by atoms with E-state index in [4.69, 9.17) is 18.0 Å². The Bertz CT molecular complexity index is 539. The molecule has 0 radical (unpaired) electrons. The maximum Gasteiger partial charge on any atom is 0.136 e. The molecular formula is C11H10BrN3S2. The minimum absolute atomic E-state index is 0.355. The predicted octanol–water partition coefficient (Wildman–Crippen LogP) is 3.15. The summed E-state index contributed by atoms with van der Waals surface area (Å²) in [4.78, 5) is 5.81. The van der Waals surface area contributed by atoms with Crippen molar-refractivity contribution in [1.82, 2.24) is 4.98 Å². The van der Waals surface area contributed by atoms with Crippen molar-refractivity contribution in [1.29, 1.82) is 0 Å². The number of hydrogen-bond donors (Lipinski definition) is 2. The Hall–Kier alpha value is -0.980. The van der Waals surface area contributed by atoms with Crippen molar-refractivity contribution >= 4 is 50.3 Å². The molecule has 0 aliphatic rings. The third-order valence-electron chi connectivity index (χ3n) is 2.12. The van der Waals surface area contributed by atoms with E-state index in [1.165, 1.54) is 4.88 Å². The number of nitrogens with one attached hydrogen (secondary N) is 1. The summed E-state index contributed by atoms with van der Waals surface area (Å²) in [6, 6.07) is 5.75. The van der Waals surface area contributed by atoms with E-state index in [0.717, 1.165) is 15.9 Å². The lowest BCUT2D eigenvalue weighted by Gasteiger charge is -2.08. The van der Waals surface area contributed by atoms with Gasteiger partial charge in [-0.1, -0.05) is 12.2 Å². The number of nitrogens with two attached hydrogens (primary N) is 1. The molecule has 0 amide bonds. The number of aromatic nitrogens is 1. The van der Waals surface area contributed by atoms with Gasteiger partial charge in [-0.15, -0.1) is 11.3 Å². The van der Waals surface area contributed by atoms with Crippen molar-refractivity contribution in [2.24, 2.45) is 5.73 Å². The number of thiophene rings is 1. The largest absolute Gasteiger partial charge is 0.389 e. The van der Waals surface area contributed by atoms with Gasteiger partial charge in [-0.05, 0) is 34.1 Å². The molecule has 0 atom stereocenters. The van der Waals surface area contributed by atoms with Crippen LogP contribution >= 0.6 is 39.5 Å². The van der Waals surface area contributed by atoms with E-state index in [0.29, 0.717) is 11.5 Å². The van der Waals surface area contributed by atoms with Crippen LogP contribution in [0.1, 0.15) is 10.4 Å². The second-order valence-electron chi connectivity index (χ2n) is 3.35. The summed E-state index contributed by atoms with van der Waals surface area (Å²) < 4.78 is 1.09. The van der Waals surface area contributed by atoms with Gasteiger partial charge in [-0.3, -0.25) is 0 Å². The molecule has 2 heterocycles. The van der Waals surface area contributed by atoms with Gasteiger partial charge in [-0.2, -0.15) is 0 Å². The topological polar surface area (TPSA) is 50.9 Å². The van der Waals surface area contributed by atoms with Gasteiger partial charge in [-0.25, -0.2) is 4.98 Å². The van der Waals surface area contributed by atoms with Gasteiger partial charge >= 0.3 is 0 Å². The van der Waals surface area contributed by atoms with E-state index in [9.17, 15) is 0 Å². The molecule has 3 nitrogen and oxygen atoms in total. The van der Waals surface area contributed by atoms with Gasteiger partial charge < -0.3 is 11.1 Å². The first-order valence-electron chi connectivity index (χ1n) is 4.88. The van der Waals surface area contributed by atoms with Crippen molar-refractivity contribution in [2.75, 3.05) is 5.32 Å². The zero-order valence-electron chi connectivity index (χ0n) is 8.81. The smallest absolute Gasteiger partial charge is 0.136 e. The minimum Gasteiger partial charge on any atom is -0.389 e. The molecule has 0 saturated carbocycles. The summed E-state index contributed by atoms with van der Waals surface area (Å²) >= 11 is 10.1. The Morgan fingerprint density at radius 3 is 3.06 bits per heavy atom. The molecule has 2 aromatic heterocycles. The van der Waals surface area contributed by atoms with Crippen molar-refractivity contribution in [3.05, 3.63) is 44.7 Å². The highest BCUT2D eigenvalue weighted by Crippen LogP contribution is 2.21. The first kappa shape index (κ1) is 12.5. The van der Waals surface area contributed by atoms with Crippen molar-refractivity contribution < 1.29 is 0 Å². The minimum atomic E-state index is 0.355. The molecule has 0 aromatic carbocycles. The van der Waals surface area contributed by atoms with Crippen LogP contribution in [0.5, 0.6) is 0 Å². The molecule has 0 unspecified atom stereocenters. The van der Waals surface area contributed by atoms with E-state index in [1.807, 2.05) is 17.5 Å². The average Bonchev–Trinajstić information content (AvgIpc) is 2.73. The number of hydrogen-bond acceptors (Lipinski definition) is 4. The summed E-state index contributed by atoms with van der Waals surface area (Å²) in [7, 11) is 0. The first-order chi connectivity index (χ1) is 8.16. The van der Waals surface area contributed by atoms with E-state index < -0.39 is 0 Å². The quantitative estimate of drug-likeness (QED) is 0.847. The summed E-state index contributed by atoms with van der Waals surface area (Å²) in [5, 5.41) is 5.28. The Balaban J connectivity index is 2.11.